The molecule has 1 aliphatic heterocycles. The van der Waals surface area contributed by atoms with Gasteiger partial charge in [0.05, 0.1) is 6.54 Å². The summed E-state index contributed by atoms with van der Waals surface area (Å²) in [5.74, 6) is 1.93. The van der Waals surface area contributed by atoms with Crippen LogP contribution in [0, 0.1) is 0 Å². The number of hydrogen-bond donors (Lipinski definition) is 2. The first-order valence-electron chi connectivity index (χ1n) is 8.58. The van der Waals surface area contributed by atoms with Gasteiger partial charge in [-0.2, -0.15) is 11.3 Å². The van der Waals surface area contributed by atoms with Gasteiger partial charge in [0.15, 0.2) is 5.96 Å². The number of aromatic nitrogens is 1. The Morgan fingerprint density at radius 2 is 2.04 bits per heavy atom. The molecule has 3 rings (SSSR count). The zero-order valence-electron chi connectivity index (χ0n) is 14.6. The van der Waals surface area contributed by atoms with Crippen LogP contribution in [0.4, 0.5) is 5.82 Å². The topological polar surface area (TPSA) is 52.6 Å². The van der Waals surface area contributed by atoms with Crippen molar-refractivity contribution in [1.29, 1.82) is 0 Å². The van der Waals surface area contributed by atoms with Crippen molar-refractivity contribution in [2.24, 2.45) is 4.99 Å². The molecule has 0 aromatic carbocycles. The van der Waals surface area contributed by atoms with E-state index in [0.29, 0.717) is 6.54 Å². The highest BCUT2D eigenvalue weighted by Gasteiger charge is 2.12. The molecule has 0 amide bonds. The first kappa shape index (κ1) is 20.0. The number of aliphatic imine (C=N–C) groups is 1. The van der Waals surface area contributed by atoms with Crippen LogP contribution in [0.5, 0.6) is 0 Å². The zero-order chi connectivity index (χ0) is 16.6. The number of thiophene rings is 1. The van der Waals surface area contributed by atoms with Crippen LogP contribution < -0.4 is 15.5 Å². The Labute approximate surface area is 171 Å². The highest BCUT2D eigenvalue weighted by Crippen LogP contribution is 2.17. The molecule has 0 aliphatic carbocycles. The van der Waals surface area contributed by atoms with Crippen LogP contribution in [0.3, 0.4) is 0 Å². The zero-order valence-corrected chi connectivity index (χ0v) is 17.7. The molecule has 0 unspecified atom stereocenters. The standard InChI is InChI=1S/C18H25N5S.HI/c1-2-19-18(22-13-16-7-10-24-14-16)21-12-15-5-6-17(20-11-15)23-8-3-4-9-23;/h5-7,10-11,14H,2-4,8-9,12-13H2,1H3,(H2,19,21,22);1H. The summed E-state index contributed by atoms with van der Waals surface area (Å²) in [5, 5.41) is 10.9. The number of rotatable bonds is 6. The molecule has 7 heteroatoms. The van der Waals surface area contributed by atoms with E-state index in [1.54, 1.807) is 11.3 Å². The predicted molar refractivity (Wildman–Crippen MR) is 117 cm³/mol. The molecule has 1 fully saturated rings. The van der Waals surface area contributed by atoms with E-state index < -0.39 is 0 Å². The highest BCUT2D eigenvalue weighted by molar-refractivity contribution is 14.0. The minimum atomic E-state index is 0. The average molecular weight is 471 g/mol. The van der Waals surface area contributed by atoms with E-state index in [4.69, 9.17) is 0 Å². The van der Waals surface area contributed by atoms with Crippen LogP contribution in [-0.2, 0) is 13.1 Å². The summed E-state index contributed by atoms with van der Waals surface area (Å²) in [6, 6.07) is 6.38. The lowest BCUT2D eigenvalue weighted by Gasteiger charge is -2.16. The summed E-state index contributed by atoms with van der Waals surface area (Å²) < 4.78 is 0. The first-order valence-corrected chi connectivity index (χ1v) is 9.52. The van der Waals surface area contributed by atoms with Gasteiger partial charge in [0, 0.05) is 32.4 Å². The third-order valence-corrected chi connectivity index (χ3v) is 4.78. The molecule has 5 nitrogen and oxygen atoms in total. The van der Waals surface area contributed by atoms with E-state index in [1.165, 1.54) is 24.0 Å². The Morgan fingerprint density at radius 3 is 2.68 bits per heavy atom. The van der Waals surface area contributed by atoms with Gasteiger partial charge in [-0.05, 0) is 53.8 Å². The second kappa shape index (κ2) is 10.6. The van der Waals surface area contributed by atoms with Gasteiger partial charge in [0.2, 0.25) is 0 Å². The van der Waals surface area contributed by atoms with Crippen LogP contribution in [0.1, 0.15) is 30.9 Å². The van der Waals surface area contributed by atoms with Gasteiger partial charge in [-0.25, -0.2) is 9.98 Å². The molecular weight excluding hydrogens is 445 g/mol. The molecule has 1 aliphatic rings. The molecule has 25 heavy (non-hydrogen) atoms. The maximum atomic E-state index is 4.62. The normalized spacial score (nSPS) is 14.3. The molecule has 2 N–H and O–H groups in total. The number of hydrogen-bond acceptors (Lipinski definition) is 4. The van der Waals surface area contributed by atoms with Crippen LogP contribution in [0.2, 0.25) is 0 Å². The summed E-state index contributed by atoms with van der Waals surface area (Å²) in [6.45, 7) is 6.61. The smallest absolute Gasteiger partial charge is 0.191 e. The van der Waals surface area contributed by atoms with Crippen molar-refractivity contribution >= 4 is 47.1 Å². The molecule has 1 saturated heterocycles. The van der Waals surface area contributed by atoms with Crippen LogP contribution >= 0.6 is 35.3 Å². The van der Waals surface area contributed by atoms with Gasteiger partial charge in [-0.3, -0.25) is 0 Å². The van der Waals surface area contributed by atoms with Crippen molar-refractivity contribution in [3.05, 3.63) is 46.3 Å². The maximum Gasteiger partial charge on any atom is 0.191 e. The Kier molecular flexibility index (Phi) is 8.47. The number of anilines is 1. The lowest BCUT2D eigenvalue weighted by molar-refractivity contribution is 0.812. The van der Waals surface area contributed by atoms with E-state index >= 15 is 0 Å². The lowest BCUT2D eigenvalue weighted by Crippen LogP contribution is -2.36. The van der Waals surface area contributed by atoms with Crippen molar-refractivity contribution in [3.8, 4) is 0 Å². The number of pyridine rings is 1. The van der Waals surface area contributed by atoms with Crippen LogP contribution in [0.15, 0.2) is 40.1 Å². The fourth-order valence-electron chi connectivity index (χ4n) is 2.74. The fourth-order valence-corrected chi connectivity index (χ4v) is 3.39. The summed E-state index contributed by atoms with van der Waals surface area (Å²) in [6.07, 6.45) is 4.51. The number of guanidine groups is 1. The van der Waals surface area contributed by atoms with E-state index in [0.717, 1.165) is 38.0 Å². The minimum absolute atomic E-state index is 0. The second-order valence-corrected chi connectivity index (χ2v) is 6.68. The van der Waals surface area contributed by atoms with E-state index in [9.17, 15) is 0 Å². The average Bonchev–Trinajstić information content (AvgIpc) is 3.31. The van der Waals surface area contributed by atoms with Gasteiger partial charge in [0.1, 0.15) is 5.82 Å². The van der Waals surface area contributed by atoms with Crippen LogP contribution in [0.25, 0.3) is 0 Å². The highest BCUT2D eigenvalue weighted by atomic mass is 127. The van der Waals surface area contributed by atoms with Crippen LogP contribution in [-0.4, -0.2) is 30.6 Å². The molecule has 0 atom stereocenters. The van der Waals surface area contributed by atoms with Crippen molar-refractivity contribution in [2.75, 3.05) is 24.5 Å². The van der Waals surface area contributed by atoms with Gasteiger partial charge >= 0.3 is 0 Å². The molecule has 0 radical (unpaired) electrons. The minimum Gasteiger partial charge on any atom is -0.357 e. The van der Waals surface area contributed by atoms with Crippen molar-refractivity contribution < 1.29 is 0 Å². The van der Waals surface area contributed by atoms with E-state index in [1.807, 2.05) is 6.20 Å². The summed E-state index contributed by atoms with van der Waals surface area (Å²) in [7, 11) is 0. The van der Waals surface area contributed by atoms with Gasteiger partial charge in [-0.1, -0.05) is 6.07 Å². The molecule has 0 bridgehead atoms. The molecule has 0 spiro atoms. The molecular formula is C18H26IN5S. The monoisotopic (exact) mass is 471 g/mol. The van der Waals surface area contributed by atoms with Crippen molar-refractivity contribution in [3.63, 3.8) is 0 Å². The predicted octanol–water partition coefficient (Wildman–Crippen LogP) is 3.62. The van der Waals surface area contributed by atoms with E-state index in [-0.39, 0.29) is 24.0 Å². The lowest BCUT2D eigenvalue weighted by atomic mass is 10.3. The summed E-state index contributed by atoms with van der Waals surface area (Å²) in [5.41, 5.74) is 2.41. The Hall–Kier alpha value is -1.35. The third kappa shape index (κ3) is 6.14. The van der Waals surface area contributed by atoms with E-state index in [2.05, 4.69) is 61.4 Å². The molecule has 136 valence electrons. The van der Waals surface area contributed by atoms with Crippen molar-refractivity contribution in [2.45, 2.75) is 32.9 Å². The fraction of sp³-hybridized carbons (Fsp3) is 0.444. The first-order chi connectivity index (χ1) is 11.8. The quantitative estimate of drug-likeness (QED) is 0.384. The molecule has 2 aromatic heterocycles. The third-order valence-electron chi connectivity index (χ3n) is 4.04. The summed E-state index contributed by atoms with van der Waals surface area (Å²) in [4.78, 5) is 11.6. The molecule has 2 aromatic rings. The summed E-state index contributed by atoms with van der Waals surface area (Å²) >= 11 is 1.70. The largest absolute Gasteiger partial charge is 0.357 e. The Balaban J connectivity index is 0.00000225. The maximum absolute atomic E-state index is 4.62. The number of nitrogens with one attached hydrogen (secondary N) is 2. The Morgan fingerprint density at radius 1 is 1.20 bits per heavy atom. The SMILES string of the molecule is CCNC(=NCc1ccsc1)NCc1ccc(N2CCCC2)nc1.I. The Bertz CT molecular complexity index is 636. The van der Waals surface area contributed by atoms with Crippen molar-refractivity contribution in [1.82, 2.24) is 15.6 Å². The number of halogens is 1. The number of nitrogens with zero attached hydrogens (tertiary/aromatic N) is 3. The molecule has 3 heterocycles. The second-order valence-electron chi connectivity index (χ2n) is 5.90. The molecule has 0 saturated carbocycles. The van der Waals surface area contributed by atoms with Gasteiger partial charge in [-0.15, -0.1) is 24.0 Å². The van der Waals surface area contributed by atoms with Gasteiger partial charge < -0.3 is 15.5 Å². The van der Waals surface area contributed by atoms with Gasteiger partial charge in [0.25, 0.3) is 0 Å².